The van der Waals surface area contributed by atoms with Gasteiger partial charge in [0.05, 0.1) is 37.3 Å². The van der Waals surface area contributed by atoms with Gasteiger partial charge in [-0.1, -0.05) is 58.6 Å². The molecular weight excluding hydrogens is 648 g/mol. The lowest BCUT2D eigenvalue weighted by Crippen LogP contribution is -2.56. The molecule has 2 saturated heterocycles. The Kier molecular flexibility index (Phi) is 11.2. The Hall–Kier alpha value is -3.73. The van der Waals surface area contributed by atoms with Crippen LogP contribution in [0.1, 0.15) is 116 Å². The molecule has 11 nitrogen and oxygen atoms in total. The fraction of sp³-hybridized carbons (Fsp3) is 0.675. The molecule has 1 aromatic rings. The quantitative estimate of drug-likeness (QED) is 0.239. The van der Waals surface area contributed by atoms with Gasteiger partial charge in [-0.3, -0.25) is 19.4 Å². The average molecular weight is 705 g/mol. The van der Waals surface area contributed by atoms with E-state index in [1.165, 1.54) is 6.92 Å². The number of nitrogens with zero attached hydrogens (tertiary/aromatic N) is 2. The number of allylic oxidation sites excluding steroid dienone is 1. The Bertz CT molecular complexity index is 1560. The molecule has 0 radical (unpaired) electrons. The third-order valence-corrected chi connectivity index (χ3v) is 11.7. The zero-order valence-corrected chi connectivity index (χ0v) is 31.0. The number of alkyl carbamates (subject to hydrolysis) is 1. The van der Waals surface area contributed by atoms with Gasteiger partial charge in [0.1, 0.15) is 29.5 Å². The molecule has 278 valence electrons. The number of hydrogen-bond acceptors (Lipinski definition) is 8. The molecule has 11 heteroatoms. The molecule has 6 rings (SSSR count). The molecule has 1 aliphatic carbocycles. The number of ether oxygens (including phenoxy) is 3. The minimum atomic E-state index is -0.972. The lowest BCUT2D eigenvalue weighted by atomic mass is 9.75. The van der Waals surface area contributed by atoms with Crippen LogP contribution in [0.3, 0.4) is 0 Å². The molecule has 3 unspecified atom stereocenters. The lowest BCUT2D eigenvalue weighted by Gasteiger charge is -2.46. The molecular formula is C40H56N4O7. The average Bonchev–Trinajstić information content (AvgIpc) is 3.69. The minimum absolute atomic E-state index is 0.0510. The maximum Gasteiger partial charge on any atom is 0.407 e. The molecule has 5 aliphatic rings. The van der Waals surface area contributed by atoms with Gasteiger partial charge in [-0.25, -0.2) is 4.79 Å². The van der Waals surface area contributed by atoms with Gasteiger partial charge >= 0.3 is 6.09 Å². The monoisotopic (exact) mass is 704 g/mol. The van der Waals surface area contributed by atoms with Crippen molar-refractivity contribution >= 4 is 35.1 Å². The van der Waals surface area contributed by atoms with E-state index < -0.39 is 29.3 Å². The Morgan fingerprint density at radius 1 is 1.14 bits per heavy atom. The second-order valence-corrected chi connectivity index (χ2v) is 15.6. The normalized spacial score (nSPS) is 32.6. The number of benzene rings is 1. The molecule has 0 bridgehead atoms. The van der Waals surface area contributed by atoms with Crippen molar-refractivity contribution in [3.63, 3.8) is 0 Å². The number of ketones is 1. The number of carbonyl (C=O) groups is 4. The Labute approximate surface area is 302 Å². The Morgan fingerprint density at radius 2 is 1.96 bits per heavy atom. The lowest BCUT2D eigenvalue weighted by molar-refractivity contribution is -0.142. The summed E-state index contributed by atoms with van der Waals surface area (Å²) in [5.74, 6) is 0.0937. The molecule has 3 amide bonds. The van der Waals surface area contributed by atoms with Crippen molar-refractivity contribution in [1.29, 1.82) is 0 Å². The molecule has 4 aliphatic heterocycles. The van der Waals surface area contributed by atoms with Crippen LogP contribution in [0.15, 0.2) is 35.3 Å². The van der Waals surface area contributed by atoms with Gasteiger partial charge in [0.25, 0.3) is 0 Å². The number of methoxy groups -OCH3 is 1. The van der Waals surface area contributed by atoms with E-state index in [1.807, 2.05) is 18.2 Å². The molecule has 51 heavy (non-hydrogen) atoms. The third-order valence-electron chi connectivity index (χ3n) is 11.7. The second-order valence-electron chi connectivity index (χ2n) is 15.6. The molecule has 1 saturated carbocycles. The molecule has 2 N–H and O–H groups in total. The highest BCUT2D eigenvalue weighted by atomic mass is 16.5. The molecule has 4 heterocycles. The van der Waals surface area contributed by atoms with E-state index in [4.69, 9.17) is 19.2 Å². The minimum Gasteiger partial charge on any atom is -0.497 e. The molecule has 3 fully saturated rings. The zero-order valence-electron chi connectivity index (χ0n) is 31.0. The number of amides is 3. The first-order valence-electron chi connectivity index (χ1n) is 19.2. The number of rotatable bonds is 8. The van der Waals surface area contributed by atoms with Gasteiger partial charge in [-0.15, -0.1) is 0 Å². The van der Waals surface area contributed by atoms with E-state index in [2.05, 4.69) is 43.6 Å². The second kappa shape index (κ2) is 15.5. The summed E-state index contributed by atoms with van der Waals surface area (Å²) in [6, 6.07) is 4.24. The highest BCUT2D eigenvalue weighted by molar-refractivity contribution is 5.99. The van der Waals surface area contributed by atoms with Crippen LogP contribution in [0.25, 0.3) is 0 Å². The first-order chi connectivity index (χ1) is 24.5. The third kappa shape index (κ3) is 7.74. The fourth-order valence-electron chi connectivity index (χ4n) is 8.63. The first kappa shape index (κ1) is 37.0. The van der Waals surface area contributed by atoms with Gasteiger partial charge in [0.2, 0.25) is 11.8 Å². The van der Waals surface area contributed by atoms with Crippen LogP contribution in [0.5, 0.6) is 5.75 Å². The SMILES string of the molecule is CCCCCOC(=O)N[C@H]1CCCCC/C=C\[C@@H]2C[C@@]2(C(C)=O)NC(=O)C2C[C@]3(CCC4c5cc(OC)ccc5N=C(C(C)C)C4O3)CN2C1=O. The van der Waals surface area contributed by atoms with Gasteiger partial charge in [0, 0.05) is 18.3 Å². The summed E-state index contributed by atoms with van der Waals surface area (Å²) in [4.78, 5) is 61.7. The first-order valence-corrected chi connectivity index (χ1v) is 19.2. The number of unbranched alkanes of at least 4 members (excludes halogenated alkanes) is 2. The van der Waals surface area contributed by atoms with Crippen molar-refractivity contribution in [3.05, 3.63) is 35.9 Å². The Balaban J connectivity index is 1.31. The van der Waals surface area contributed by atoms with Gasteiger partial charge in [0.15, 0.2) is 5.78 Å². The number of aliphatic imine (C=N–C) groups is 1. The van der Waals surface area contributed by atoms with Crippen molar-refractivity contribution < 1.29 is 33.4 Å². The standard InChI is InChI=1S/C40H56N4O7/c1-6-7-13-20-50-38(48)42-32-15-12-10-8-9-11-14-27-22-40(27,26(4)45)43-36(46)33-23-39(24-44(33)37(32)47)19-18-29-30-21-28(49-5)16-17-31(30)41-34(25(2)3)35(29)51-39/h11,14,16-17,21,25,27,29,32-33,35H,6-10,12-13,15,18-20,22-24H2,1-5H3,(H,42,48)(H,43,46)/b14-11-/t27-,29?,32+,33?,35?,39-,40+/m1/s1. The topological polar surface area (TPSA) is 136 Å². The summed E-state index contributed by atoms with van der Waals surface area (Å²) in [6.45, 7) is 8.32. The van der Waals surface area contributed by atoms with Crippen LogP contribution in [-0.2, 0) is 23.9 Å². The summed E-state index contributed by atoms with van der Waals surface area (Å²) in [5.41, 5.74) is 1.17. The van der Waals surface area contributed by atoms with Crippen LogP contribution in [0.2, 0.25) is 0 Å². The maximum absolute atomic E-state index is 14.6. The summed E-state index contributed by atoms with van der Waals surface area (Å²) < 4.78 is 18.2. The van der Waals surface area contributed by atoms with Crippen LogP contribution in [0, 0.1) is 11.8 Å². The van der Waals surface area contributed by atoms with E-state index in [0.29, 0.717) is 19.3 Å². The van der Waals surface area contributed by atoms with E-state index in [0.717, 1.165) is 74.1 Å². The van der Waals surface area contributed by atoms with Crippen LogP contribution in [-0.4, -0.2) is 83.9 Å². The van der Waals surface area contributed by atoms with E-state index >= 15 is 0 Å². The van der Waals surface area contributed by atoms with Crippen LogP contribution >= 0.6 is 0 Å². The molecule has 0 aromatic heterocycles. The number of carbonyl (C=O) groups excluding carboxylic acids is 4. The largest absolute Gasteiger partial charge is 0.497 e. The summed E-state index contributed by atoms with van der Waals surface area (Å²) in [7, 11) is 1.66. The van der Waals surface area contributed by atoms with Crippen molar-refractivity contribution in [2.45, 2.75) is 140 Å². The smallest absolute Gasteiger partial charge is 0.407 e. The van der Waals surface area contributed by atoms with Crippen LogP contribution in [0.4, 0.5) is 10.5 Å². The van der Waals surface area contributed by atoms with Crippen molar-refractivity contribution in [3.8, 4) is 5.75 Å². The summed E-state index contributed by atoms with van der Waals surface area (Å²) in [5, 5.41) is 5.98. The Morgan fingerprint density at radius 3 is 2.71 bits per heavy atom. The van der Waals surface area contributed by atoms with E-state index in [-0.39, 0.29) is 61.0 Å². The zero-order chi connectivity index (χ0) is 36.3. The van der Waals surface area contributed by atoms with Crippen molar-refractivity contribution in [2.75, 3.05) is 20.3 Å². The van der Waals surface area contributed by atoms with Crippen molar-refractivity contribution in [1.82, 2.24) is 15.5 Å². The van der Waals surface area contributed by atoms with E-state index in [1.54, 1.807) is 12.0 Å². The molecule has 1 aromatic carbocycles. The summed E-state index contributed by atoms with van der Waals surface area (Å²) in [6.07, 6.45) is 12.0. The number of nitrogens with one attached hydrogen (secondary N) is 2. The van der Waals surface area contributed by atoms with Gasteiger partial charge in [-0.2, -0.15) is 0 Å². The molecule has 7 atom stereocenters. The predicted octanol–water partition coefficient (Wildman–Crippen LogP) is 6.31. The number of Topliss-reactive ketones (excluding diaryl/α,β-unsaturated/α-hetero) is 1. The fourth-order valence-corrected chi connectivity index (χ4v) is 8.63. The van der Waals surface area contributed by atoms with Crippen LogP contribution < -0.4 is 15.4 Å². The summed E-state index contributed by atoms with van der Waals surface area (Å²) >= 11 is 0. The maximum atomic E-state index is 14.6. The highest BCUT2D eigenvalue weighted by Crippen LogP contribution is 2.51. The number of fused-ring (bicyclic) bond motifs is 5. The highest BCUT2D eigenvalue weighted by Gasteiger charge is 2.61. The van der Waals surface area contributed by atoms with Gasteiger partial charge in [-0.05, 0) is 81.5 Å². The van der Waals surface area contributed by atoms with Gasteiger partial charge < -0.3 is 29.7 Å². The number of hydrogen-bond donors (Lipinski definition) is 2. The molecule has 1 spiro atoms. The van der Waals surface area contributed by atoms with Crippen molar-refractivity contribution in [2.24, 2.45) is 16.8 Å². The van der Waals surface area contributed by atoms with E-state index in [9.17, 15) is 19.2 Å². The predicted molar refractivity (Wildman–Crippen MR) is 194 cm³/mol.